The lowest BCUT2D eigenvalue weighted by Crippen LogP contribution is -2.19. The van der Waals surface area contributed by atoms with Crippen molar-refractivity contribution < 1.29 is 17.9 Å². The molecule has 0 aliphatic heterocycles. The quantitative estimate of drug-likeness (QED) is 0.847. The van der Waals surface area contributed by atoms with Gasteiger partial charge in [0.05, 0.1) is 5.56 Å². The average Bonchev–Trinajstić information content (AvgIpc) is 2.41. The van der Waals surface area contributed by atoms with E-state index in [1.165, 1.54) is 6.07 Å². The van der Waals surface area contributed by atoms with Crippen molar-refractivity contribution in [3.63, 3.8) is 0 Å². The number of halogens is 3. The van der Waals surface area contributed by atoms with Gasteiger partial charge in [0.25, 0.3) is 0 Å². The molecule has 0 saturated heterocycles. The minimum Gasteiger partial charge on any atom is -0.486 e. The van der Waals surface area contributed by atoms with Crippen LogP contribution in [0.25, 0.3) is 0 Å². The summed E-state index contributed by atoms with van der Waals surface area (Å²) in [5.74, 6) is -0.0890. The Labute approximate surface area is 116 Å². The molecule has 0 radical (unpaired) electrons. The van der Waals surface area contributed by atoms with E-state index in [-0.39, 0.29) is 11.9 Å². The summed E-state index contributed by atoms with van der Waals surface area (Å²) in [6, 6.07) is 4.23. The number of rotatable bonds is 4. The van der Waals surface area contributed by atoms with Crippen molar-refractivity contribution in [3.05, 3.63) is 41.5 Å². The molecule has 0 saturated carbocycles. The molecule has 0 aromatic heterocycles. The van der Waals surface area contributed by atoms with Gasteiger partial charge in [0, 0.05) is 6.54 Å². The Bertz CT molecular complexity index is 482. The van der Waals surface area contributed by atoms with E-state index in [1.54, 1.807) is 13.1 Å². The van der Waals surface area contributed by atoms with Crippen LogP contribution in [0, 0.1) is 0 Å². The summed E-state index contributed by atoms with van der Waals surface area (Å²) in [5.41, 5.74) is -0.115. The molecule has 0 bridgehead atoms. The van der Waals surface area contributed by atoms with Crippen molar-refractivity contribution in [1.82, 2.24) is 5.32 Å². The SMILES string of the molecule is CNCc1ccc(OC2C=CCCC2)c(C(F)(F)F)c1. The van der Waals surface area contributed by atoms with Gasteiger partial charge in [-0.2, -0.15) is 13.2 Å². The fraction of sp³-hybridized carbons (Fsp3) is 0.467. The van der Waals surface area contributed by atoms with E-state index in [0.717, 1.165) is 25.3 Å². The van der Waals surface area contributed by atoms with Crippen LogP contribution in [0.4, 0.5) is 13.2 Å². The monoisotopic (exact) mass is 285 g/mol. The number of ether oxygens (including phenoxy) is 1. The summed E-state index contributed by atoms with van der Waals surface area (Å²) in [5, 5.41) is 2.84. The van der Waals surface area contributed by atoms with Gasteiger partial charge in [0.2, 0.25) is 0 Å². The Hall–Kier alpha value is -1.49. The Morgan fingerprint density at radius 2 is 2.15 bits per heavy atom. The molecule has 1 atom stereocenters. The molecule has 2 nitrogen and oxygen atoms in total. The average molecular weight is 285 g/mol. The predicted molar refractivity (Wildman–Crippen MR) is 71.6 cm³/mol. The number of hydrogen-bond donors (Lipinski definition) is 1. The summed E-state index contributed by atoms with van der Waals surface area (Å²) in [4.78, 5) is 0. The van der Waals surface area contributed by atoms with Crippen LogP contribution in [0.5, 0.6) is 5.75 Å². The van der Waals surface area contributed by atoms with Gasteiger partial charge in [0.1, 0.15) is 11.9 Å². The third-order valence-electron chi connectivity index (χ3n) is 3.22. The molecule has 1 aromatic carbocycles. The maximum Gasteiger partial charge on any atom is 0.419 e. The predicted octanol–water partition coefficient (Wildman–Crippen LogP) is 3.91. The van der Waals surface area contributed by atoms with Crippen LogP contribution in [0.15, 0.2) is 30.4 Å². The second-order valence-electron chi connectivity index (χ2n) is 4.87. The van der Waals surface area contributed by atoms with Crippen LogP contribution in [0.1, 0.15) is 30.4 Å². The molecule has 1 unspecified atom stereocenters. The van der Waals surface area contributed by atoms with Crippen LogP contribution < -0.4 is 10.1 Å². The van der Waals surface area contributed by atoms with Crippen molar-refractivity contribution in [2.75, 3.05) is 7.05 Å². The van der Waals surface area contributed by atoms with Crippen LogP contribution >= 0.6 is 0 Å². The Kier molecular flexibility index (Phi) is 4.70. The molecule has 1 aromatic rings. The largest absolute Gasteiger partial charge is 0.486 e. The topological polar surface area (TPSA) is 21.3 Å². The fourth-order valence-electron chi connectivity index (χ4n) is 2.26. The highest BCUT2D eigenvalue weighted by Gasteiger charge is 2.35. The smallest absolute Gasteiger partial charge is 0.419 e. The zero-order chi connectivity index (χ0) is 14.6. The normalized spacial score (nSPS) is 19.1. The van der Waals surface area contributed by atoms with E-state index in [4.69, 9.17) is 4.74 Å². The summed E-state index contributed by atoms with van der Waals surface area (Å²) in [6.45, 7) is 0.396. The van der Waals surface area contributed by atoms with Crippen molar-refractivity contribution >= 4 is 0 Å². The van der Waals surface area contributed by atoms with Crippen molar-refractivity contribution in [3.8, 4) is 5.75 Å². The van der Waals surface area contributed by atoms with Gasteiger partial charge in [-0.3, -0.25) is 0 Å². The Morgan fingerprint density at radius 3 is 2.75 bits per heavy atom. The molecule has 1 aliphatic carbocycles. The first kappa shape index (κ1) is 14.9. The zero-order valence-electron chi connectivity index (χ0n) is 11.3. The van der Waals surface area contributed by atoms with Crippen LogP contribution in [-0.2, 0) is 12.7 Å². The number of alkyl halides is 3. The zero-order valence-corrected chi connectivity index (χ0v) is 11.3. The van der Waals surface area contributed by atoms with Crippen molar-refractivity contribution in [2.24, 2.45) is 0 Å². The van der Waals surface area contributed by atoms with Gasteiger partial charge < -0.3 is 10.1 Å². The molecular weight excluding hydrogens is 267 g/mol. The first-order chi connectivity index (χ1) is 9.50. The third kappa shape index (κ3) is 3.76. The maximum atomic E-state index is 13.1. The first-order valence-corrected chi connectivity index (χ1v) is 6.69. The lowest BCUT2D eigenvalue weighted by Gasteiger charge is -2.21. The molecule has 0 amide bonds. The van der Waals surface area contributed by atoms with E-state index < -0.39 is 11.7 Å². The van der Waals surface area contributed by atoms with Gasteiger partial charge in [-0.15, -0.1) is 0 Å². The first-order valence-electron chi connectivity index (χ1n) is 6.69. The molecule has 1 N–H and O–H groups in total. The lowest BCUT2D eigenvalue weighted by molar-refractivity contribution is -0.139. The van der Waals surface area contributed by atoms with E-state index in [0.29, 0.717) is 12.1 Å². The molecule has 0 heterocycles. The minimum atomic E-state index is -4.41. The molecule has 1 aliphatic rings. The number of nitrogens with one attached hydrogen (secondary N) is 1. The summed E-state index contributed by atoms with van der Waals surface area (Å²) in [7, 11) is 1.70. The van der Waals surface area contributed by atoms with E-state index in [9.17, 15) is 13.2 Å². The molecule has 2 rings (SSSR count). The summed E-state index contributed by atoms with van der Waals surface area (Å²) in [6.07, 6.45) is 1.79. The highest BCUT2D eigenvalue weighted by atomic mass is 19.4. The van der Waals surface area contributed by atoms with Crippen LogP contribution in [0.2, 0.25) is 0 Å². The van der Waals surface area contributed by atoms with Crippen LogP contribution in [0.3, 0.4) is 0 Å². The second-order valence-corrected chi connectivity index (χ2v) is 4.87. The standard InChI is InChI=1S/C15H18F3NO/c1-19-10-11-7-8-14(13(9-11)15(16,17)18)20-12-5-3-2-4-6-12/h3,5,7-9,12,19H,2,4,6,10H2,1H3. The molecule has 20 heavy (non-hydrogen) atoms. The number of allylic oxidation sites excluding steroid dienone is 1. The van der Waals surface area contributed by atoms with Gasteiger partial charge >= 0.3 is 6.18 Å². The van der Waals surface area contributed by atoms with E-state index in [1.807, 2.05) is 12.2 Å². The summed E-state index contributed by atoms with van der Waals surface area (Å²) >= 11 is 0. The fourth-order valence-corrected chi connectivity index (χ4v) is 2.26. The number of benzene rings is 1. The van der Waals surface area contributed by atoms with Gasteiger partial charge in [-0.05, 0) is 50.1 Å². The highest BCUT2D eigenvalue weighted by Crippen LogP contribution is 2.37. The number of hydrogen-bond acceptors (Lipinski definition) is 2. The van der Waals surface area contributed by atoms with Gasteiger partial charge in [-0.25, -0.2) is 0 Å². The van der Waals surface area contributed by atoms with Crippen LogP contribution in [-0.4, -0.2) is 13.2 Å². The minimum absolute atomic E-state index is 0.0890. The van der Waals surface area contributed by atoms with Crippen molar-refractivity contribution in [1.29, 1.82) is 0 Å². The van der Waals surface area contributed by atoms with Crippen molar-refractivity contribution in [2.45, 2.75) is 38.1 Å². The van der Waals surface area contributed by atoms with E-state index in [2.05, 4.69) is 5.32 Å². The summed E-state index contributed by atoms with van der Waals surface area (Å²) < 4.78 is 44.8. The Balaban J connectivity index is 2.26. The van der Waals surface area contributed by atoms with Gasteiger partial charge in [0.15, 0.2) is 0 Å². The second kappa shape index (κ2) is 6.31. The molecule has 0 fully saturated rings. The van der Waals surface area contributed by atoms with E-state index >= 15 is 0 Å². The molecular formula is C15H18F3NO. The molecule has 0 spiro atoms. The third-order valence-corrected chi connectivity index (χ3v) is 3.22. The lowest BCUT2D eigenvalue weighted by atomic mass is 10.0. The molecule has 110 valence electrons. The maximum absolute atomic E-state index is 13.1. The van der Waals surface area contributed by atoms with Gasteiger partial charge in [-0.1, -0.05) is 12.1 Å². The molecule has 5 heteroatoms. The highest BCUT2D eigenvalue weighted by molar-refractivity contribution is 5.39. The Morgan fingerprint density at radius 1 is 1.35 bits per heavy atom.